The Morgan fingerprint density at radius 3 is 1.61 bits per heavy atom. The van der Waals surface area contributed by atoms with E-state index in [9.17, 15) is 25.9 Å². The van der Waals surface area contributed by atoms with Crippen molar-refractivity contribution in [2.45, 2.75) is 80.9 Å². The van der Waals surface area contributed by atoms with Gasteiger partial charge in [0.2, 0.25) is 0 Å². The summed E-state index contributed by atoms with van der Waals surface area (Å²) in [5.41, 5.74) is 0.379. The van der Waals surface area contributed by atoms with Gasteiger partial charge in [-0.1, -0.05) is 101 Å². The van der Waals surface area contributed by atoms with Crippen LogP contribution in [0.2, 0.25) is 0 Å². The van der Waals surface area contributed by atoms with Gasteiger partial charge in [0.05, 0.1) is 9.79 Å². The van der Waals surface area contributed by atoms with Gasteiger partial charge in [-0.05, 0) is 24.0 Å². The molecule has 172 valence electrons. The maximum atomic E-state index is 12.0. The normalized spacial score (nSPS) is 11.5. The Morgan fingerprint density at radius 2 is 1.12 bits per heavy atom. The third-order valence-corrected chi connectivity index (χ3v) is 7.35. The molecule has 10 heteroatoms. The van der Waals surface area contributed by atoms with Gasteiger partial charge in [-0.3, -0.25) is 0 Å². The topological polar surface area (TPSA) is 114 Å². The standard InChI is InChI=1S/C23H32O6S2.2Na/c1-2-3-4-5-6-7-8-9-11-16-20-17-18-21(19-14-12-10-13-15-19)23(31(27,28)29)22(20)30(24,25)26;;/h10,12-15,17-18H,2-9,11,16H2,1H3,(H,24,25,26)(H,27,28,29);;/q;2*+1/p-2. The van der Waals surface area contributed by atoms with Gasteiger partial charge in [-0.2, -0.15) is 0 Å². The molecule has 0 radical (unpaired) electrons. The van der Waals surface area contributed by atoms with Crippen LogP contribution in [0.3, 0.4) is 0 Å². The van der Waals surface area contributed by atoms with E-state index in [4.69, 9.17) is 0 Å². The molecule has 0 aliphatic rings. The molecule has 0 fully saturated rings. The van der Waals surface area contributed by atoms with Gasteiger partial charge in [0.25, 0.3) is 0 Å². The van der Waals surface area contributed by atoms with E-state index in [0.717, 1.165) is 25.7 Å². The Kier molecular flexibility index (Phi) is 16.2. The van der Waals surface area contributed by atoms with Gasteiger partial charge >= 0.3 is 59.1 Å². The molecule has 0 aliphatic carbocycles. The quantitative estimate of drug-likeness (QED) is 0.198. The molecule has 0 saturated heterocycles. The van der Waals surface area contributed by atoms with Crippen molar-refractivity contribution in [2.75, 3.05) is 0 Å². The second-order valence-corrected chi connectivity index (χ2v) is 10.4. The largest absolute Gasteiger partial charge is 1.00 e. The fourth-order valence-corrected chi connectivity index (χ4v) is 6.05. The number of rotatable bonds is 13. The molecule has 0 aliphatic heterocycles. The summed E-state index contributed by atoms with van der Waals surface area (Å²) >= 11 is 0. The third kappa shape index (κ3) is 10.8. The van der Waals surface area contributed by atoms with E-state index in [-0.39, 0.29) is 76.7 Å². The first-order chi connectivity index (χ1) is 14.7. The molecule has 0 spiro atoms. The van der Waals surface area contributed by atoms with Crippen LogP contribution in [0.1, 0.15) is 70.3 Å². The molecule has 0 unspecified atom stereocenters. The van der Waals surface area contributed by atoms with Crippen LogP contribution in [0.4, 0.5) is 0 Å². The van der Waals surface area contributed by atoms with Gasteiger partial charge in [-0.15, -0.1) is 0 Å². The fourth-order valence-electron chi connectivity index (χ4n) is 3.79. The Bertz CT molecular complexity index is 1060. The monoisotopic (exact) mass is 512 g/mol. The number of benzene rings is 2. The van der Waals surface area contributed by atoms with Gasteiger partial charge in [0, 0.05) is 5.56 Å². The molecule has 6 nitrogen and oxygen atoms in total. The Morgan fingerprint density at radius 1 is 0.636 bits per heavy atom. The summed E-state index contributed by atoms with van der Waals surface area (Å²) in [7, 11) is -10.4. The number of hydrogen-bond acceptors (Lipinski definition) is 6. The van der Waals surface area contributed by atoms with E-state index in [0.29, 0.717) is 12.0 Å². The molecule has 2 aromatic rings. The van der Waals surface area contributed by atoms with Crippen molar-refractivity contribution in [2.24, 2.45) is 0 Å². The minimum Gasteiger partial charge on any atom is -0.744 e. The number of unbranched alkanes of at least 4 members (excludes halogenated alkanes) is 8. The Balaban J connectivity index is 0.00000512. The minimum absolute atomic E-state index is 0. The molecule has 2 aromatic carbocycles. The first kappa shape index (κ1) is 33.3. The zero-order valence-electron chi connectivity index (χ0n) is 19.9. The fraction of sp³-hybridized carbons (Fsp3) is 0.478. The maximum absolute atomic E-state index is 12.0. The van der Waals surface area contributed by atoms with Crippen LogP contribution in [0.25, 0.3) is 11.1 Å². The van der Waals surface area contributed by atoms with E-state index >= 15 is 0 Å². The molecular formula is C23H30Na2O6S2. The molecule has 0 N–H and O–H groups in total. The molecular weight excluding hydrogens is 482 g/mol. The van der Waals surface area contributed by atoms with E-state index in [2.05, 4.69) is 6.92 Å². The first-order valence-corrected chi connectivity index (χ1v) is 13.6. The Labute approximate surface area is 243 Å². The molecule has 0 aromatic heterocycles. The van der Waals surface area contributed by atoms with Crippen LogP contribution >= 0.6 is 0 Å². The van der Waals surface area contributed by atoms with Crippen LogP contribution in [0, 0.1) is 0 Å². The van der Waals surface area contributed by atoms with Crippen LogP contribution in [0.15, 0.2) is 52.3 Å². The second kappa shape index (κ2) is 16.1. The van der Waals surface area contributed by atoms with Crippen molar-refractivity contribution in [3.05, 3.63) is 48.0 Å². The number of aryl methyl sites for hydroxylation is 1. The zero-order chi connectivity index (χ0) is 22.9. The summed E-state index contributed by atoms with van der Waals surface area (Å²) in [6.45, 7) is 2.17. The predicted octanol–water partition coefficient (Wildman–Crippen LogP) is -0.757. The van der Waals surface area contributed by atoms with Gasteiger partial charge < -0.3 is 9.11 Å². The molecule has 0 heterocycles. The maximum Gasteiger partial charge on any atom is 1.00 e. The second-order valence-electron chi connectivity index (χ2n) is 7.78. The van der Waals surface area contributed by atoms with E-state index in [1.807, 2.05) is 0 Å². The summed E-state index contributed by atoms with van der Waals surface area (Å²) in [5, 5.41) is 0. The van der Waals surface area contributed by atoms with Crippen LogP contribution in [-0.2, 0) is 26.7 Å². The van der Waals surface area contributed by atoms with Gasteiger partial charge in [0.15, 0.2) is 0 Å². The Hall–Kier alpha value is 0.260. The average molecular weight is 513 g/mol. The van der Waals surface area contributed by atoms with Crippen molar-refractivity contribution in [3.63, 3.8) is 0 Å². The molecule has 0 bridgehead atoms. The van der Waals surface area contributed by atoms with Crippen molar-refractivity contribution in [3.8, 4) is 11.1 Å². The van der Waals surface area contributed by atoms with Crippen molar-refractivity contribution in [1.82, 2.24) is 0 Å². The van der Waals surface area contributed by atoms with E-state index in [1.54, 1.807) is 30.3 Å². The van der Waals surface area contributed by atoms with Crippen LogP contribution < -0.4 is 59.1 Å². The predicted molar refractivity (Wildman–Crippen MR) is 119 cm³/mol. The molecule has 0 amide bonds. The summed E-state index contributed by atoms with van der Waals surface area (Å²) in [6, 6.07) is 11.0. The van der Waals surface area contributed by atoms with Crippen molar-refractivity contribution in [1.29, 1.82) is 0 Å². The molecule has 33 heavy (non-hydrogen) atoms. The van der Waals surface area contributed by atoms with Crippen molar-refractivity contribution >= 4 is 20.2 Å². The summed E-state index contributed by atoms with van der Waals surface area (Å²) in [6.07, 6.45) is 9.80. The molecule has 0 saturated carbocycles. The third-order valence-electron chi connectivity index (χ3n) is 5.33. The minimum atomic E-state index is -5.20. The number of hydrogen-bond donors (Lipinski definition) is 0. The van der Waals surface area contributed by atoms with Crippen LogP contribution in [-0.4, -0.2) is 25.9 Å². The smallest absolute Gasteiger partial charge is 0.744 e. The summed E-state index contributed by atoms with van der Waals surface area (Å²) in [4.78, 5) is -1.84. The summed E-state index contributed by atoms with van der Waals surface area (Å²) < 4.78 is 72.1. The van der Waals surface area contributed by atoms with Gasteiger partial charge in [-0.25, -0.2) is 16.8 Å². The summed E-state index contributed by atoms with van der Waals surface area (Å²) in [5.74, 6) is 0. The molecule has 0 atom stereocenters. The van der Waals surface area contributed by atoms with Crippen LogP contribution in [0.5, 0.6) is 0 Å². The first-order valence-electron chi connectivity index (χ1n) is 10.8. The molecule has 2 rings (SSSR count). The van der Waals surface area contributed by atoms with Gasteiger partial charge in [0.1, 0.15) is 20.2 Å². The average Bonchev–Trinajstić information content (AvgIpc) is 2.71. The zero-order valence-corrected chi connectivity index (χ0v) is 25.5. The van der Waals surface area contributed by atoms with E-state index in [1.165, 1.54) is 37.8 Å². The SMILES string of the molecule is CCCCCCCCCCCc1ccc(-c2ccccc2)c(S(=O)(=O)[O-])c1S(=O)(=O)[O-].[Na+].[Na+]. The van der Waals surface area contributed by atoms with Crippen molar-refractivity contribution < 1.29 is 85.1 Å². The van der Waals surface area contributed by atoms with E-state index < -0.39 is 30.0 Å².